The molecule has 1 amide bonds. The minimum absolute atomic E-state index is 0.177. The standard InChI is InChI=1S/C22H31FN4OS/c1-3-4-5-6-7-8-21(28)27-14-13-26(16-17(27)2)22-24-20(25-29-22)15-18-9-11-19(23)12-10-18/h9-12,17H,3-8,13-16H2,1-2H3. The van der Waals surface area contributed by atoms with Crippen LogP contribution in [0.25, 0.3) is 0 Å². The number of carbonyl (C=O) groups is 1. The molecule has 1 saturated heterocycles. The van der Waals surface area contributed by atoms with Gasteiger partial charge in [0.1, 0.15) is 11.6 Å². The van der Waals surface area contributed by atoms with E-state index in [1.807, 2.05) is 4.90 Å². The molecule has 2 heterocycles. The monoisotopic (exact) mass is 418 g/mol. The van der Waals surface area contributed by atoms with E-state index in [1.165, 1.54) is 42.9 Å². The van der Waals surface area contributed by atoms with Crippen LogP contribution in [0.15, 0.2) is 24.3 Å². The molecule has 0 radical (unpaired) electrons. The number of anilines is 1. The topological polar surface area (TPSA) is 49.3 Å². The number of nitrogens with zero attached hydrogens (tertiary/aromatic N) is 4. The molecule has 2 aromatic rings. The average molecular weight is 419 g/mol. The Labute approximate surface area is 177 Å². The van der Waals surface area contributed by atoms with E-state index in [9.17, 15) is 9.18 Å². The van der Waals surface area contributed by atoms with Crippen LogP contribution < -0.4 is 4.90 Å². The lowest BCUT2D eigenvalue weighted by Gasteiger charge is -2.39. The first-order chi connectivity index (χ1) is 14.1. The van der Waals surface area contributed by atoms with Crippen molar-refractivity contribution in [2.24, 2.45) is 0 Å². The van der Waals surface area contributed by atoms with Crippen molar-refractivity contribution < 1.29 is 9.18 Å². The van der Waals surface area contributed by atoms with Gasteiger partial charge >= 0.3 is 0 Å². The normalized spacial score (nSPS) is 17.0. The van der Waals surface area contributed by atoms with E-state index in [0.717, 1.165) is 49.0 Å². The van der Waals surface area contributed by atoms with Gasteiger partial charge in [0, 0.05) is 50.1 Å². The van der Waals surface area contributed by atoms with Gasteiger partial charge < -0.3 is 9.80 Å². The molecule has 0 N–H and O–H groups in total. The van der Waals surface area contributed by atoms with Gasteiger partial charge in [0.2, 0.25) is 11.0 Å². The van der Waals surface area contributed by atoms with Gasteiger partial charge in [-0.1, -0.05) is 44.7 Å². The summed E-state index contributed by atoms with van der Waals surface area (Å²) in [6.07, 6.45) is 7.12. The van der Waals surface area contributed by atoms with Crippen LogP contribution in [0, 0.1) is 5.82 Å². The molecule has 0 saturated carbocycles. The lowest BCUT2D eigenvalue weighted by molar-refractivity contribution is -0.133. The van der Waals surface area contributed by atoms with Crippen molar-refractivity contribution in [2.45, 2.75) is 64.8 Å². The summed E-state index contributed by atoms with van der Waals surface area (Å²) in [5.74, 6) is 0.806. The number of hydrogen-bond acceptors (Lipinski definition) is 5. The fourth-order valence-electron chi connectivity index (χ4n) is 3.76. The maximum absolute atomic E-state index is 13.1. The number of benzene rings is 1. The molecule has 1 aliphatic rings. The summed E-state index contributed by atoms with van der Waals surface area (Å²) in [6, 6.07) is 6.64. The molecule has 1 aromatic heterocycles. The Morgan fingerprint density at radius 3 is 2.66 bits per heavy atom. The van der Waals surface area contributed by atoms with Crippen LogP contribution in [0.3, 0.4) is 0 Å². The SMILES string of the molecule is CCCCCCCC(=O)N1CCN(c2nc(Cc3ccc(F)cc3)ns2)CC1C. The highest BCUT2D eigenvalue weighted by Gasteiger charge is 2.28. The molecule has 0 aliphatic carbocycles. The highest BCUT2D eigenvalue weighted by molar-refractivity contribution is 7.09. The van der Waals surface area contributed by atoms with E-state index in [-0.39, 0.29) is 17.8 Å². The number of hydrogen-bond donors (Lipinski definition) is 0. The first-order valence-corrected chi connectivity index (χ1v) is 11.5. The van der Waals surface area contributed by atoms with E-state index < -0.39 is 0 Å². The first-order valence-electron chi connectivity index (χ1n) is 10.7. The third kappa shape index (κ3) is 6.23. The molecule has 7 heteroatoms. The van der Waals surface area contributed by atoms with Crippen LogP contribution in [-0.4, -0.2) is 45.8 Å². The van der Waals surface area contributed by atoms with Gasteiger partial charge in [-0.25, -0.2) is 9.37 Å². The van der Waals surface area contributed by atoms with Crippen molar-refractivity contribution in [3.05, 3.63) is 41.5 Å². The molecule has 1 fully saturated rings. The summed E-state index contributed by atoms with van der Waals surface area (Å²) in [5.41, 5.74) is 0.999. The minimum atomic E-state index is -0.233. The maximum Gasteiger partial charge on any atom is 0.222 e. The fraction of sp³-hybridized carbons (Fsp3) is 0.591. The van der Waals surface area contributed by atoms with Crippen LogP contribution in [0.4, 0.5) is 9.52 Å². The Hall–Kier alpha value is -2.02. The van der Waals surface area contributed by atoms with E-state index >= 15 is 0 Å². The van der Waals surface area contributed by atoms with Crippen molar-refractivity contribution in [3.63, 3.8) is 0 Å². The Morgan fingerprint density at radius 2 is 1.93 bits per heavy atom. The van der Waals surface area contributed by atoms with Gasteiger partial charge in [0.15, 0.2) is 0 Å². The summed E-state index contributed by atoms with van der Waals surface area (Å²) >= 11 is 1.40. The fourth-order valence-corrected chi connectivity index (χ4v) is 4.47. The van der Waals surface area contributed by atoms with Gasteiger partial charge in [-0.2, -0.15) is 4.37 Å². The van der Waals surface area contributed by atoms with E-state index in [2.05, 4.69) is 28.1 Å². The Balaban J connectivity index is 1.48. The lowest BCUT2D eigenvalue weighted by atomic mass is 10.1. The number of rotatable bonds is 9. The summed E-state index contributed by atoms with van der Waals surface area (Å²) in [6.45, 7) is 6.63. The maximum atomic E-state index is 13.1. The van der Waals surface area contributed by atoms with Crippen LogP contribution in [0.2, 0.25) is 0 Å². The van der Waals surface area contributed by atoms with Crippen molar-refractivity contribution in [1.29, 1.82) is 0 Å². The summed E-state index contributed by atoms with van der Waals surface area (Å²) in [5, 5.41) is 0.903. The quantitative estimate of drug-likeness (QED) is 0.556. The second-order valence-corrected chi connectivity index (χ2v) is 8.57. The third-order valence-electron chi connectivity index (χ3n) is 5.45. The van der Waals surface area contributed by atoms with Gasteiger partial charge in [-0.3, -0.25) is 4.79 Å². The molecule has 0 spiro atoms. The second-order valence-electron chi connectivity index (χ2n) is 7.84. The van der Waals surface area contributed by atoms with Gasteiger partial charge in [-0.05, 0) is 31.0 Å². The zero-order valence-corrected chi connectivity index (χ0v) is 18.3. The smallest absolute Gasteiger partial charge is 0.222 e. The average Bonchev–Trinajstić information content (AvgIpc) is 3.18. The molecule has 3 rings (SSSR count). The molecule has 1 atom stereocenters. The number of unbranched alkanes of at least 4 members (excludes halogenated alkanes) is 4. The molecule has 1 unspecified atom stereocenters. The van der Waals surface area contributed by atoms with Gasteiger partial charge in [0.25, 0.3) is 0 Å². The first kappa shape index (κ1) is 21.7. The third-order valence-corrected chi connectivity index (χ3v) is 6.26. The molecule has 0 bridgehead atoms. The molecule has 29 heavy (non-hydrogen) atoms. The van der Waals surface area contributed by atoms with E-state index in [4.69, 9.17) is 0 Å². The number of carbonyl (C=O) groups excluding carboxylic acids is 1. The Bertz CT molecular complexity index is 779. The molecule has 1 aliphatic heterocycles. The molecular weight excluding hydrogens is 387 g/mol. The van der Waals surface area contributed by atoms with Crippen molar-refractivity contribution >= 4 is 22.6 Å². The summed E-state index contributed by atoms with van der Waals surface area (Å²) < 4.78 is 17.5. The Morgan fingerprint density at radius 1 is 1.17 bits per heavy atom. The van der Waals surface area contributed by atoms with Crippen molar-refractivity contribution in [2.75, 3.05) is 24.5 Å². The number of aromatic nitrogens is 2. The molecule has 5 nitrogen and oxygen atoms in total. The van der Waals surface area contributed by atoms with Gasteiger partial charge in [-0.15, -0.1) is 0 Å². The van der Waals surface area contributed by atoms with Gasteiger partial charge in [0.05, 0.1) is 0 Å². The van der Waals surface area contributed by atoms with Crippen LogP contribution in [0.1, 0.15) is 63.8 Å². The number of piperazine rings is 1. The van der Waals surface area contributed by atoms with Crippen LogP contribution in [-0.2, 0) is 11.2 Å². The lowest BCUT2D eigenvalue weighted by Crippen LogP contribution is -2.54. The van der Waals surface area contributed by atoms with Crippen LogP contribution >= 0.6 is 11.5 Å². The number of amides is 1. The zero-order chi connectivity index (χ0) is 20.6. The highest BCUT2D eigenvalue weighted by Crippen LogP contribution is 2.23. The predicted molar refractivity (Wildman–Crippen MR) is 116 cm³/mol. The summed E-state index contributed by atoms with van der Waals surface area (Å²) in [7, 11) is 0. The zero-order valence-electron chi connectivity index (χ0n) is 17.4. The van der Waals surface area contributed by atoms with E-state index in [0.29, 0.717) is 12.8 Å². The molecule has 1 aromatic carbocycles. The Kier molecular flexibility index (Phi) is 7.98. The number of halogens is 1. The second kappa shape index (κ2) is 10.7. The molecule has 158 valence electrons. The minimum Gasteiger partial charge on any atom is -0.343 e. The van der Waals surface area contributed by atoms with Crippen molar-refractivity contribution in [3.8, 4) is 0 Å². The van der Waals surface area contributed by atoms with Crippen molar-refractivity contribution in [1.82, 2.24) is 14.3 Å². The summed E-state index contributed by atoms with van der Waals surface area (Å²) in [4.78, 5) is 21.5. The highest BCUT2D eigenvalue weighted by atomic mass is 32.1. The van der Waals surface area contributed by atoms with Crippen LogP contribution in [0.5, 0.6) is 0 Å². The largest absolute Gasteiger partial charge is 0.343 e. The van der Waals surface area contributed by atoms with E-state index in [1.54, 1.807) is 12.1 Å². The molecular formula is C22H31FN4OS. The predicted octanol–water partition coefficient (Wildman–Crippen LogP) is 4.67.